The summed E-state index contributed by atoms with van der Waals surface area (Å²) < 4.78 is 3.01. The Morgan fingerprint density at radius 3 is 2.73 bits per heavy atom. The number of carbonyl (C=O) groups excluding carboxylic acids is 1. The highest BCUT2D eigenvalue weighted by atomic mass is 16.3. The summed E-state index contributed by atoms with van der Waals surface area (Å²) in [7, 11) is 0. The van der Waals surface area contributed by atoms with Crippen LogP contribution >= 0.6 is 0 Å². The molecule has 156 valence electrons. The van der Waals surface area contributed by atoms with E-state index in [0.717, 1.165) is 18.5 Å². The second-order valence-electron chi connectivity index (χ2n) is 8.39. The Morgan fingerprint density at radius 2 is 2.03 bits per heavy atom. The van der Waals surface area contributed by atoms with Gasteiger partial charge in [-0.05, 0) is 43.9 Å². The Bertz CT molecular complexity index is 1170. The number of hydrogen-bond donors (Lipinski definition) is 2. The molecule has 0 atom stereocenters. The summed E-state index contributed by atoms with van der Waals surface area (Å²) in [5, 5.41) is 15.7. The summed E-state index contributed by atoms with van der Waals surface area (Å²) in [5.41, 5.74) is 6.32. The van der Waals surface area contributed by atoms with Gasteiger partial charge in [-0.2, -0.15) is 5.10 Å². The maximum Gasteiger partial charge on any atom is 0.264 e. The largest absolute Gasteiger partial charge is 0.399 e. The van der Waals surface area contributed by atoms with Crippen LogP contribution < -0.4 is 11.3 Å². The predicted molar refractivity (Wildman–Crippen MR) is 111 cm³/mol. The van der Waals surface area contributed by atoms with Crippen LogP contribution in [-0.4, -0.2) is 53.9 Å². The number of aliphatic hydroxyl groups is 1. The molecule has 3 N–H and O–H groups in total. The van der Waals surface area contributed by atoms with Gasteiger partial charge in [-0.1, -0.05) is 6.07 Å². The zero-order valence-corrected chi connectivity index (χ0v) is 16.6. The van der Waals surface area contributed by atoms with Crippen LogP contribution in [0.3, 0.4) is 0 Å². The van der Waals surface area contributed by atoms with Crippen LogP contribution in [0.2, 0.25) is 0 Å². The molecule has 2 aliphatic rings. The van der Waals surface area contributed by atoms with Crippen LogP contribution in [-0.2, 0) is 11.3 Å². The summed E-state index contributed by atoms with van der Waals surface area (Å²) in [6.07, 6.45) is 5.78. The van der Waals surface area contributed by atoms with Crippen LogP contribution in [0.1, 0.15) is 25.7 Å². The third-order valence-electron chi connectivity index (χ3n) is 6.07. The first-order valence-corrected chi connectivity index (χ1v) is 10.2. The fraction of sp³-hybridized carbons (Fsp3) is 0.429. The van der Waals surface area contributed by atoms with Gasteiger partial charge >= 0.3 is 0 Å². The molecule has 0 spiro atoms. The fourth-order valence-corrected chi connectivity index (χ4v) is 4.11. The number of carbonyl (C=O) groups is 1. The number of aromatic nitrogens is 4. The Hall–Kier alpha value is -3.20. The monoisotopic (exact) mass is 408 g/mol. The van der Waals surface area contributed by atoms with E-state index in [1.165, 1.54) is 17.1 Å². The maximum absolute atomic E-state index is 13.0. The van der Waals surface area contributed by atoms with E-state index in [9.17, 15) is 14.7 Å². The third kappa shape index (κ3) is 3.35. The van der Waals surface area contributed by atoms with Gasteiger partial charge in [0.05, 0.1) is 24.0 Å². The van der Waals surface area contributed by atoms with Crippen molar-refractivity contribution in [3.63, 3.8) is 0 Å². The number of piperidine rings is 1. The average Bonchev–Trinajstić information content (AvgIpc) is 3.49. The quantitative estimate of drug-likeness (QED) is 0.620. The van der Waals surface area contributed by atoms with Crippen molar-refractivity contribution in [1.82, 2.24) is 24.2 Å². The van der Waals surface area contributed by atoms with Gasteiger partial charge in [0.25, 0.3) is 5.56 Å². The second kappa shape index (κ2) is 6.94. The normalized spacial score (nSPS) is 18.6. The molecule has 1 saturated carbocycles. The Morgan fingerprint density at radius 1 is 1.27 bits per heavy atom. The molecule has 3 aromatic rings. The van der Waals surface area contributed by atoms with E-state index in [-0.39, 0.29) is 23.9 Å². The average molecular weight is 408 g/mol. The molecule has 0 unspecified atom stereocenters. The van der Waals surface area contributed by atoms with Gasteiger partial charge in [-0.3, -0.25) is 14.2 Å². The van der Waals surface area contributed by atoms with Crippen molar-refractivity contribution in [1.29, 1.82) is 0 Å². The van der Waals surface area contributed by atoms with Crippen LogP contribution in [0.25, 0.3) is 16.7 Å². The van der Waals surface area contributed by atoms with Crippen LogP contribution in [0.15, 0.2) is 41.6 Å². The van der Waals surface area contributed by atoms with E-state index in [4.69, 9.17) is 5.73 Å². The highest BCUT2D eigenvalue weighted by molar-refractivity contribution is 5.81. The predicted octanol–water partition coefficient (Wildman–Crippen LogP) is 0.928. The fourth-order valence-electron chi connectivity index (χ4n) is 4.11. The molecule has 3 heterocycles. The number of hydrogen-bond acceptors (Lipinski definition) is 6. The molecule has 9 nitrogen and oxygen atoms in total. The number of benzene rings is 1. The number of anilines is 1. The minimum absolute atomic E-state index is 0.143. The molecular weight excluding hydrogens is 384 g/mol. The number of nitrogen functional groups attached to an aromatic ring is 1. The van der Waals surface area contributed by atoms with Crippen molar-refractivity contribution in [3.8, 4) is 5.69 Å². The van der Waals surface area contributed by atoms with Gasteiger partial charge in [0.15, 0.2) is 5.65 Å². The van der Waals surface area contributed by atoms with E-state index in [0.29, 0.717) is 42.7 Å². The van der Waals surface area contributed by atoms with Crippen molar-refractivity contribution in [2.75, 3.05) is 18.8 Å². The molecule has 2 aromatic heterocycles. The van der Waals surface area contributed by atoms with E-state index in [1.807, 2.05) is 17.0 Å². The summed E-state index contributed by atoms with van der Waals surface area (Å²) >= 11 is 0. The van der Waals surface area contributed by atoms with E-state index in [2.05, 4.69) is 10.1 Å². The summed E-state index contributed by atoms with van der Waals surface area (Å²) in [6.45, 7) is 1.18. The van der Waals surface area contributed by atoms with Crippen molar-refractivity contribution in [2.24, 2.45) is 5.92 Å². The van der Waals surface area contributed by atoms with E-state index < -0.39 is 5.60 Å². The van der Waals surface area contributed by atoms with Gasteiger partial charge in [0.1, 0.15) is 11.7 Å². The Labute approximate surface area is 172 Å². The van der Waals surface area contributed by atoms with Crippen LogP contribution in [0.5, 0.6) is 0 Å². The molecule has 1 amide bonds. The molecule has 9 heteroatoms. The third-order valence-corrected chi connectivity index (χ3v) is 6.07. The highest BCUT2D eigenvalue weighted by Crippen LogP contribution is 2.33. The molecule has 1 aliphatic heterocycles. The van der Waals surface area contributed by atoms with E-state index >= 15 is 0 Å². The minimum Gasteiger partial charge on any atom is -0.399 e. The zero-order chi connectivity index (χ0) is 20.9. The number of nitrogens with zero attached hydrogens (tertiary/aromatic N) is 5. The van der Waals surface area contributed by atoms with Gasteiger partial charge in [-0.15, -0.1) is 0 Å². The number of likely N-dealkylation sites (tertiary alicyclic amines) is 1. The smallest absolute Gasteiger partial charge is 0.264 e. The first-order valence-electron chi connectivity index (χ1n) is 10.2. The molecule has 1 aromatic carbocycles. The number of rotatable bonds is 4. The van der Waals surface area contributed by atoms with Gasteiger partial charge < -0.3 is 15.7 Å². The first kappa shape index (κ1) is 18.8. The number of nitrogens with two attached hydrogens (primary N) is 1. The Balaban J connectivity index is 1.37. The molecule has 0 radical (unpaired) electrons. The number of amides is 1. The standard InChI is InChI=1S/C21H24N6O3/c22-15-2-1-3-16(10-15)27-18-17(11-24-27)20(29)26(13-23-18)12-21(30)6-8-25(9-7-21)19(28)14-4-5-14/h1-3,10-11,13-14,30H,4-9,12,22H2. The SMILES string of the molecule is Nc1cccc(-n2ncc3c(=O)n(CC4(O)CCN(C(=O)C5CC5)CC4)cnc32)c1. The second-order valence-corrected chi connectivity index (χ2v) is 8.39. The molecule has 0 bridgehead atoms. The number of fused-ring (bicyclic) bond motifs is 1. The van der Waals surface area contributed by atoms with E-state index in [1.54, 1.807) is 16.8 Å². The van der Waals surface area contributed by atoms with Gasteiger partial charge in [0.2, 0.25) is 5.91 Å². The van der Waals surface area contributed by atoms with Crippen LogP contribution in [0.4, 0.5) is 5.69 Å². The minimum atomic E-state index is -1.04. The van der Waals surface area contributed by atoms with Gasteiger partial charge in [0, 0.05) is 24.7 Å². The van der Waals surface area contributed by atoms with Gasteiger partial charge in [-0.25, -0.2) is 9.67 Å². The maximum atomic E-state index is 13.0. The lowest BCUT2D eigenvalue weighted by Crippen LogP contribution is -2.50. The first-order chi connectivity index (χ1) is 14.4. The van der Waals surface area contributed by atoms with Crippen molar-refractivity contribution < 1.29 is 9.90 Å². The summed E-state index contributed by atoms with van der Waals surface area (Å²) in [4.78, 5) is 31.5. The lowest BCUT2D eigenvalue weighted by Gasteiger charge is -2.38. The van der Waals surface area contributed by atoms with Crippen molar-refractivity contribution >= 4 is 22.6 Å². The molecular formula is C21H24N6O3. The lowest BCUT2D eigenvalue weighted by atomic mass is 9.91. The zero-order valence-electron chi connectivity index (χ0n) is 16.6. The summed E-state index contributed by atoms with van der Waals surface area (Å²) in [5.74, 6) is 0.383. The molecule has 2 fully saturated rings. The molecule has 1 aliphatic carbocycles. The summed E-state index contributed by atoms with van der Waals surface area (Å²) in [6, 6.07) is 7.20. The van der Waals surface area contributed by atoms with Crippen molar-refractivity contribution in [2.45, 2.75) is 37.8 Å². The van der Waals surface area contributed by atoms with Crippen molar-refractivity contribution in [3.05, 3.63) is 47.1 Å². The molecule has 30 heavy (non-hydrogen) atoms. The van der Waals surface area contributed by atoms with Crippen LogP contribution in [0, 0.1) is 5.92 Å². The lowest BCUT2D eigenvalue weighted by molar-refractivity contribution is -0.137. The highest BCUT2D eigenvalue weighted by Gasteiger charge is 2.39. The molecule has 1 saturated heterocycles. The topological polar surface area (TPSA) is 119 Å². The Kier molecular flexibility index (Phi) is 4.35. The molecule has 5 rings (SSSR count).